The Morgan fingerprint density at radius 3 is 2.57 bits per heavy atom. The van der Waals surface area contributed by atoms with E-state index in [1.807, 2.05) is 0 Å². The van der Waals surface area contributed by atoms with E-state index in [2.05, 4.69) is 10.3 Å². The molecule has 4 N–H and O–H groups in total. The highest BCUT2D eigenvalue weighted by Gasteiger charge is 2.09. The van der Waals surface area contributed by atoms with Crippen LogP contribution >= 0.6 is 0 Å². The summed E-state index contributed by atoms with van der Waals surface area (Å²) >= 11 is 0. The fourth-order valence-corrected chi connectivity index (χ4v) is 2.27. The molecule has 0 fully saturated rings. The van der Waals surface area contributed by atoms with E-state index >= 15 is 0 Å². The molecule has 1 amide bonds. The van der Waals surface area contributed by atoms with Crippen molar-refractivity contribution in [2.45, 2.75) is 11.4 Å². The standard InChI is InChI=1S/C13H13N3O4S/c14-21(19,20)10-4-1-3-9(7-10)8-15-13(18)11-5-2-6-12(17)16-11/h1-7H,8H2,(H,15,18)(H,16,17)(H2,14,19,20). The second-order valence-corrected chi connectivity index (χ2v) is 5.87. The smallest absolute Gasteiger partial charge is 0.268 e. The average molecular weight is 307 g/mol. The zero-order valence-corrected chi connectivity index (χ0v) is 11.7. The van der Waals surface area contributed by atoms with E-state index in [0.29, 0.717) is 5.56 Å². The number of H-pyrrole nitrogens is 1. The number of aromatic amines is 1. The minimum absolute atomic E-state index is 0.0256. The molecule has 0 aliphatic carbocycles. The van der Waals surface area contributed by atoms with Crippen LogP contribution in [0.3, 0.4) is 0 Å². The lowest BCUT2D eigenvalue weighted by molar-refractivity contribution is 0.0945. The third kappa shape index (κ3) is 4.01. The van der Waals surface area contributed by atoms with Gasteiger partial charge in [-0.15, -0.1) is 0 Å². The van der Waals surface area contributed by atoms with Gasteiger partial charge in [0, 0.05) is 12.6 Å². The quantitative estimate of drug-likeness (QED) is 0.733. The molecule has 0 unspecified atom stereocenters. The number of hydrogen-bond acceptors (Lipinski definition) is 4. The van der Waals surface area contributed by atoms with E-state index in [4.69, 9.17) is 5.14 Å². The second kappa shape index (κ2) is 5.90. The first kappa shape index (κ1) is 14.9. The lowest BCUT2D eigenvalue weighted by Gasteiger charge is -2.06. The molecule has 0 aliphatic rings. The number of benzene rings is 1. The Kier molecular flexibility index (Phi) is 4.20. The molecule has 1 aromatic heterocycles. The summed E-state index contributed by atoms with van der Waals surface area (Å²) in [5.41, 5.74) is 0.331. The number of carbonyl (C=O) groups excluding carboxylic acids is 1. The maximum atomic E-state index is 11.8. The van der Waals surface area contributed by atoms with Crippen LogP contribution in [0.5, 0.6) is 0 Å². The van der Waals surface area contributed by atoms with Crippen LogP contribution in [-0.2, 0) is 16.6 Å². The van der Waals surface area contributed by atoms with Gasteiger partial charge in [-0.1, -0.05) is 18.2 Å². The predicted octanol–water partition coefficient (Wildman–Crippen LogP) is -0.0477. The molecule has 0 radical (unpaired) electrons. The van der Waals surface area contributed by atoms with Gasteiger partial charge < -0.3 is 10.3 Å². The SMILES string of the molecule is NS(=O)(=O)c1cccc(CNC(=O)c2cccc(=O)[nH]2)c1. The number of amides is 1. The van der Waals surface area contributed by atoms with Gasteiger partial charge in [0.1, 0.15) is 5.69 Å². The number of rotatable bonds is 4. The molecule has 2 rings (SSSR count). The Labute approximate surface area is 120 Å². The number of nitrogens with two attached hydrogens (primary N) is 1. The number of nitrogens with one attached hydrogen (secondary N) is 2. The van der Waals surface area contributed by atoms with Gasteiger partial charge in [0.05, 0.1) is 4.90 Å². The summed E-state index contributed by atoms with van der Waals surface area (Å²) in [6.45, 7) is 0.110. The summed E-state index contributed by atoms with van der Waals surface area (Å²) in [5.74, 6) is -0.464. The third-order valence-corrected chi connectivity index (χ3v) is 3.60. The summed E-state index contributed by atoms with van der Waals surface area (Å²) < 4.78 is 22.5. The third-order valence-electron chi connectivity index (χ3n) is 2.69. The molecule has 2 aromatic rings. The molecule has 0 atom stereocenters. The zero-order valence-electron chi connectivity index (χ0n) is 10.9. The van der Waals surface area contributed by atoms with Crippen LogP contribution in [0.1, 0.15) is 16.1 Å². The van der Waals surface area contributed by atoms with Gasteiger partial charge in [-0.3, -0.25) is 9.59 Å². The van der Waals surface area contributed by atoms with E-state index in [1.165, 1.54) is 36.4 Å². The number of primary sulfonamides is 1. The number of aromatic nitrogens is 1. The first-order chi connectivity index (χ1) is 9.86. The molecular weight excluding hydrogens is 294 g/mol. The fraction of sp³-hybridized carbons (Fsp3) is 0.0769. The van der Waals surface area contributed by atoms with Gasteiger partial charge in [-0.25, -0.2) is 13.6 Å². The first-order valence-electron chi connectivity index (χ1n) is 5.95. The largest absolute Gasteiger partial charge is 0.347 e. The van der Waals surface area contributed by atoms with Gasteiger partial charge in [0.15, 0.2) is 0 Å². The summed E-state index contributed by atoms with van der Waals surface area (Å²) in [7, 11) is -3.78. The summed E-state index contributed by atoms with van der Waals surface area (Å²) in [6, 6.07) is 10.2. The Balaban J connectivity index is 2.10. The van der Waals surface area contributed by atoms with E-state index < -0.39 is 15.9 Å². The normalized spacial score (nSPS) is 11.1. The van der Waals surface area contributed by atoms with Crippen LogP contribution in [0.25, 0.3) is 0 Å². The van der Waals surface area contributed by atoms with Crippen LogP contribution < -0.4 is 16.0 Å². The van der Waals surface area contributed by atoms with Crippen molar-refractivity contribution in [2.24, 2.45) is 5.14 Å². The molecule has 8 heteroatoms. The molecule has 21 heavy (non-hydrogen) atoms. The van der Waals surface area contributed by atoms with E-state index in [0.717, 1.165) is 0 Å². The molecule has 110 valence electrons. The molecule has 1 heterocycles. The van der Waals surface area contributed by atoms with E-state index in [1.54, 1.807) is 6.07 Å². The van der Waals surface area contributed by atoms with Crippen LogP contribution in [0, 0.1) is 0 Å². The van der Waals surface area contributed by atoms with Crippen molar-refractivity contribution >= 4 is 15.9 Å². The Hall–Kier alpha value is -2.45. The van der Waals surface area contributed by atoms with Crippen molar-refractivity contribution in [3.63, 3.8) is 0 Å². The Morgan fingerprint density at radius 1 is 1.19 bits per heavy atom. The Morgan fingerprint density at radius 2 is 1.90 bits per heavy atom. The highest BCUT2D eigenvalue weighted by Crippen LogP contribution is 2.09. The van der Waals surface area contributed by atoms with Crippen LogP contribution in [0.4, 0.5) is 0 Å². The predicted molar refractivity (Wildman–Crippen MR) is 76.0 cm³/mol. The second-order valence-electron chi connectivity index (χ2n) is 4.30. The van der Waals surface area contributed by atoms with Crippen LogP contribution in [0.15, 0.2) is 52.2 Å². The van der Waals surface area contributed by atoms with Gasteiger partial charge in [-0.05, 0) is 23.8 Å². The summed E-state index contributed by atoms with van der Waals surface area (Å²) in [4.78, 5) is 25.3. The number of pyridine rings is 1. The minimum atomic E-state index is -3.78. The molecule has 1 aromatic carbocycles. The molecular formula is C13H13N3O4S. The van der Waals surface area contributed by atoms with Gasteiger partial charge in [-0.2, -0.15) is 0 Å². The van der Waals surface area contributed by atoms with Crippen LogP contribution in [-0.4, -0.2) is 19.3 Å². The lowest BCUT2D eigenvalue weighted by atomic mass is 10.2. The highest BCUT2D eigenvalue weighted by molar-refractivity contribution is 7.89. The molecule has 0 saturated carbocycles. The lowest BCUT2D eigenvalue weighted by Crippen LogP contribution is -2.25. The zero-order chi connectivity index (χ0) is 15.5. The van der Waals surface area contributed by atoms with Gasteiger partial charge >= 0.3 is 0 Å². The number of carbonyl (C=O) groups is 1. The number of sulfonamides is 1. The van der Waals surface area contributed by atoms with Crippen LogP contribution in [0.2, 0.25) is 0 Å². The Bertz CT molecular complexity index is 827. The fourth-order valence-electron chi connectivity index (χ4n) is 1.69. The van der Waals surface area contributed by atoms with Crippen molar-refractivity contribution in [2.75, 3.05) is 0 Å². The van der Waals surface area contributed by atoms with E-state index in [-0.39, 0.29) is 22.7 Å². The molecule has 0 aliphatic heterocycles. The maximum Gasteiger partial charge on any atom is 0.268 e. The van der Waals surface area contributed by atoms with E-state index in [9.17, 15) is 18.0 Å². The number of hydrogen-bond donors (Lipinski definition) is 3. The maximum absolute atomic E-state index is 11.8. The minimum Gasteiger partial charge on any atom is -0.347 e. The summed E-state index contributed by atoms with van der Waals surface area (Å²) in [6.07, 6.45) is 0. The summed E-state index contributed by atoms with van der Waals surface area (Å²) in [5, 5.41) is 7.61. The molecule has 0 bridgehead atoms. The van der Waals surface area contributed by atoms with Crippen molar-refractivity contribution in [3.8, 4) is 0 Å². The van der Waals surface area contributed by atoms with Crippen molar-refractivity contribution < 1.29 is 13.2 Å². The molecule has 0 saturated heterocycles. The van der Waals surface area contributed by atoms with Crippen molar-refractivity contribution in [1.82, 2.24) is 10.3 Å². The van der Waals surface area contributed by atoms with Crippen molar-refractivity contribution in [3.05, 3.63) is 64.1 Å². The van der Waals surface area contributed by atoms with Gasteiger partial charge in [0.25, 0.3) is 5.91 Å². The topological polar surface area (TPSA) is 122 Å². The first-order valence-corrected chi connectivity index (χ1v) is 7.50. The molecule has 0 spiro atoms. The molecule has 7 nitrogen and oxygen atoms in total. The average Bonchev–Trinajstić information content (AvgIpc) is 2.44. The van der Waals surface area contributed by atoms with Gasteiger partial charge in [0.2, 0.25) is 15.6 Å². The van der Waals surface area contributed by atoms with Crippen molar-refractivity contribution in [1.29, 1.82) is 0 Å². The highest BCUT2D eigenvalue weighted by atomic mass is 32.2. The monoisotopic (exact) mass is 307 g/mol.